The second-order valence-electron chi connectivity index (χ2n) is 8.26. The van der Waals surface area contributed by atoms with Gasteiger partial charge in [0.2, 0.25) is 0 Å². The first-order valence-electron chi connectivity index (χ1n) is 10.2. The summed E-state index contributed by atoms with van der Waals surface area (Å²) in [6.45, 7) is 6.24. The van der Waals surface area contributed by atoms with Crippen molar-refractivity contribution in [2.75, 3.05) is 13.1 Å². The molecule has 1 amide bonds. The fourth-order valence-electron chi connectivity index (χ4n) is 4.68. The molecule has 1 aromatic carbocycles. The van der Waals surface area contributed by atoms with E-state index in [1.807, 2.05) is 52.8 Å². The van der Waals surface area contributed by atoms with E-state index in [0.29, 0.717) is 23.6 Å². The average molecular weight is 408 g/mol. The van der Waals surface area contributed by atoms with Crippen molar-refractivity contribution in [1.29, 1.82) is 0 Å². The largest absolute Gasteiger partial charge is 0.331 e. The van der Waals surface area contributed by atoms with Gasteiger partial charge in [0.1, 0.15) is 10.7 Å². The maximum atomic E-state index is 13.4. The van der Waals surface area contributed by atoms with Crippen LogP contribution < -0.4 is 5.32 Å². The number of para-hydroxylation sites is 1. The van der Waals surface area contributed by atoms with Crippen LogP contribution in [0.4, 0.5) is 0 Å². The number of piperidine rings is 2. The summed E-state index contributed by atoms with van der Waals surface area (Å²) < 4.78 is 1.83. The van der Waals surface area contributed by atoms with Gasteiger partial charge in [0.15, 0.2) is 0 Å². The quantitative estimate of drug-likeness (QED) is 0.704. The van der Waals surface area contributed by atoms with Gasteiger partial charge in [-0.15, -0.1) is 11.3 Å². The number of amides is 1. The molecule has 2 fully saturated rings. The topological polar surface area (TPSA) is 63.1 Å². The highest BCUT2D eigenvalue weighted by molar-refractivity contribution is 7.13. The predicted molar refractivity (Wildman–Crippen MR) is 114 cm³/mol. The predicted octanol–water partition coefficient (Wildman–Crippen LogP) is 3.45. The lowest BCUT2D eigenvalue weighted by Gasteiger charge is -2.55. The van der Waals surface area contributed by atoms with Crippen LogP contribution in [0.15, 0.2) is 48.1 Å². The Balaban J connectivity index is 1.38. The van der Waals surface area contributed by atoms with Crippen LogP contribution in [0.3, 0.4) is 0 Å². The van der Waals surface area contributed by atoms with Crippen LogP contribution in [0, 0.1) is 11.8 Å². The lowest BCUT2D eigenvalue weighted by molar-refractivity contribution is -0.0285. The van der Waals surface area contributed by atoms with Gasteiger partial charge in [-0.3, -0.25) is 4.79 Å². The van der Waals surface area contributed by atoms with Crippen molar-refractivity contribution in [2.45, 2.75) is 32.4 Å². The van der Waals surface area contributed by atoms with Crippen LogP contribution in [0.5, 0.6) is 0 Å². The maximum Gasteiger partial charge on any atom is 0.273 e. The zero-order valence-corrected chi connectivity index (χ0v) is 17.5. The van der Waals surface area contributed by atoms with E-state index in [1.54, 1.807) is 0 Å². The molecule has 1 aliphatic carbocycles. The van der Waals surface area contributed by atoms with E-state index in [4.69, 9.17) is 0 Å². The molecule has 0 radical (unpaired) electrons. The molecule has 29 heavy (non-hydrogen) atoms. The monoisotopic (exact) mass is 407 g/mol. The Labute approximate surface area is 174 Å². The molecule has 7 heteroatoms. The molecule has 6 nitrogen and oxygen atoms in total. The Morgan fingerprint density at radius 1 is 1.24 bits per heavy atom. The fourth-order valence-corrected chi connectivity index (χ4v) is 5.45. The van der Waals surface area contributed by atoms with Crippen molar-refractivity contribution >= 4 is 17.2 Å². The lowest BCUT2D eigenvalue weighted by atomic mass is 9.66. The van der Waals surface area contributed by atoms with Crippen LogP contribution in [0.2, 0.25) is 0 Å². The third kappa shape index (κ3) is 3.28. The number of carbonyl (C=O) groups excluding carboxylic acids is 1. The highest BCUT2D eigenvalue weighted by atomic mass is 32.1. The Hall–Kier alpha value is -2.51. The minimum absolute atomic E-state index is 0.0551. The molecule has 3 aromatic rings. The second-order valence-corrected chi connectivity index (χ2v) is 9.12. The van der Waals surface area contributed by atoms with Gasteiger partial charge in [-0.2, -0.15) is 5.10 Å². The number of carbonyl (C=O) groups is 1. The number of hydrogen-bond acceptors (Lipinski definition) is 5. The Morgan fingerprint density at radius 2 is 2.00 bits per heavy atom. The van der Waals surface area contributed by atoms with E-state index in [1.165, 1.54) is 17.8 Å². The minimum atomic E-state index is 0.0551. The smallest absolute Gasteiger partial charge is 0.273 e. The second kappa shape index (κ2) is 7.39. The summed E-state index contributed by atoms with van der Waals surface area (Å²) in [5.74, 6) is 1.20. The van der Waals surface area contributed by atoms with Gasteiger partial charge in [-0.05, 0) is 57.3 Å². The van der Waals surface area contributed by atoms with Crippen molar-refractivity contribution in [3.05, 3.63) is 53.8 Å². The number of hydrogen-bond donors (Lipinski definition) is 1. The van der Waals surface area contributed by atoms with E-state index in [2.05, 4.69) is 34.1 Å². The SMILES string of the molecule is CC(C)N(C(=O)c1csc(-c2cnn(-c3ccccc3)c2)n1)C1C2CNCC1C2. The van der Waals surface area contributed by atoms with Gasteiger partial charge >= 0.3 is 0 Å². The van der Waals surface area contributed by atoms with Crippen LogP contribution in [0.1, 0.15) is 30.8 Å². The van der Waals surface area contributed by atoms with Gasteiger partial charge in [0.25, 0.3) is 5.91 Å². The molecular weight excluding hydrogens is 382 g/mol. The van der Waals surface area contributed by atoms with Crippen molar-refractivity contribution in [3.63, 3.8) is 0 Å². The molecule has 2 bridgehead atoms. The zero-order chi connectivity index (χ0) is 20.0. The van der Waals surface area contributed by atoms with E-state index >= 15 is 0 Å². The molecule has 5 rings (SSSR count). The van der Waals surface area contributed by atoms with E-state index in [9.17, 15) is 4.79 Å². The standard InChI is InChI=1S/C22H25N5OS/c1-14(2)27(20-15-8-16(20)10-23-9-15)22(28)19-13-29-21(25-19)17-11-24-26(12-17)18-6-4-3-5-7-18/h3-7,11-16,20,23H,8-10H2,1-2H3. The third-order valence-electron chi connectivity index (χ3n) is 6.07. The first kappa shape index (κ1) is 18.5. The number of nitrogens with one attached hydrogen (secondary N) is 1. The maximum absolute atomic E-state index is 13.4. The number of benzene rings is 1. The summed E-state index contributed by atoms with van der Waals surface area (Å²) in [6, 6.07) is 10.5. The summed E-state index contributed by atoms with van der Waals surface area (Å²) in [7, 11) is 0. The van der Waals surface area contributed by atoms with Gasteiger partial charge in [0, 0.05) is 29.2 Å². The molecular formula is C22H25N5OS. The van der Waals surface area contributed by atoms with E-state index in [0.717, 1.165) is 29.3 Å². The van der Waals surface area contributed by atoms with Crippen molar-refractivity contribution in [2.24, 2.45) is 11.8 Å². The summed E-state index contributed by atoms with van der Waals surface area (Å²) in [4.78, 5) is 20.1. The lowest BCUT2D eigenvalue weighted by Crippen LogP contribution is -2.66. The van der Waals surface area contributed by atoms with E-state index < -0.39 is 0 Å². The van der Waals surface area contributed by atoms with Crippen LogP contribution in [-0.4, -0.2) is 50.7 Å². The highest BCUT2D eigenvalue weighted by Gasteiger charge is 2.49. The molecule has 2 aliphatic rings. The summed E-state index contributed by atoms with van der Waals surface area (Å²) in [5.41, 5.74) is 2.48. The number of nitrogens with zero attached hydrogens (tertiary/aromatic N) is 4. The molecule has 2 atom stereocenters. The Kier molecular flexibility index (Phi) is 4.72. The zero-order valence-electron chi connectivity index (χ0n) is 16.7. The number of rotatable bonds is 5. The number of fused-ring (bicyclic) bond motifs is 2. The Morgan fingerprint density at radius 3 is 2.69 bits per heavy atom. The van der Waals surface area contributed by atoms with Gasteiger partial charge in [0.05, 0.1) is 11.9 Å². The molecule has 150 valence electrons. The van der Waals surface area contributed by atoms with Crippen molar-refractivity contribution in [3.8, 4) is 16.3 Å². The first-order valence-corrected chi connectivity index (χ1v) is 11.1. The third-order valence-corrected chi connectivity index (χ3v) is 6.96. The molecule has 1 aliphatic heterocycles. The molecule has 1 N–H and O–H groups in total. The highest BCUT2D eigenvalue weighted by Crippen LogP contribution is 2.41. The fraction of sp³-hybridized carbons (Fsp3) is 0.409. The molecule has 2 aromatic heterocycles. The molecule has 3 heterocycles. The summed E-state index contributed by atoms with van der Waals surface area (Å²) in [6.07, 6.45) is 5.00. The normalized spacial score (nSPS) is 23.1. The number of thiazole rings is 1. The molecule has 1 saturated carbocycles. The van der Waals surface area contributed by atoms with Crippen LogP contribution in [-0.2, 0) is 0 Å². The average Bonchev–Trinajstić information content (AvgIpc) is 3.42. The summed E-state index contributed by atoms with van der Waals surface area (Å²) >= 11 is 1.50. The molecule has 1 saturated heterocycles. The van der Waals surface area contributed by atoms with Crippen molar-refractivity contribution in [1.82, 2.24) is 25.0 Å². The van der Waals surface area contributed by atoms with Gasteiger partial charge in [-0.1, -0.05) is 18.2 Å². The van der Waals surface area contributed by atoms with Gasteiger partial charge in [-0.25, -0.2) is 9.67 Å². The molecule has 2 unspecified atom stereocenters. The first-order chi connectivity index (χ1) is 14.1. The van der Waals surface area contributed by atoms with Crippen LogP contribution in [0.25, 0.3) is 16.3 Å². The van der Waals surface area contributed by atoms with Crippen molar-refractivity contribution < 1.29 is 4.79 Å². The minimum Gasteiger partial charge on any atom is -0.331 e. The van der Waals surface area contributed by atoms with Gasteiger partial charge < -0.3 is 10.2 Å². The van der Waals surface area contributed by atoms with E-state index in [-0.39, 0.29) is 11.9 Å². The molecule has 0 spiro atoms. The summed E-state index contributed by atoms with van der Waals surface area (Å²) in [5, 5.41) is 10.6. The van der Waals surface area contributed by atoms with Crippen LogP contribution >= 0.6 is 11.3 Å². The Bertz CT molecular complexity index is 997. The number of aromatic nitrogens is 3.